The van der Waals surface area contributed by atoms with Gasteiger partial charge in [0.1, 0.15) is 0 Å². The van der Waals surface area contributed by atoms with Gasteiger partial charge in [0.2, 0.25) is 5.91 Å². The fraction of sp³-hybridized carbons (Fsp3) is 0.450. The Hall–Kier alpha value is -2.63. The van der Waals surface area contributed by atoms with Gasteiger partial charge in [-0.3, -0.25) is 9.48 Å². The van der Waals surface area contributed by atoms with Crippen molar-refractivity contribution in [2.24, 2.45) is 0 Å². The van der Waals surface area contributed by atoms with E-state index in [0.717, 1.165) is 36.3 Å². The van der Waals surface area contributed by atoms with Crippen molar-refractivity contribution in [3.8, 4) is 0 Å². The summed E-state index contributed by atoms with van der Waals surface area (Å²) in [6.07, 6.45) is 2.35. The zero-order chi connectivity index (χ0) is 18.7. The molecule has 26 heavy (non-hydrogen) atoms. The molecule has 1 fully saturated rings. The van der Waals surface area contributed by atoms with E-state index in [9.17, 15) is 14.7 Å². The minimum Gasteiger partial charge on any atom is -0.478 e. The molecule has 0 bridgehead atoms. The lowest BCUT2D eigenvalue weighted by Gasteiger charge is -2.33. The minimum absolute atomic E-state index is 0.136. The molecule has 6 heteroatoms. The maximum Gasteiger partial charge on any atom is 0.335 e. The number of hydrogen-bond acceptors (Lipinski definition) is 3. The number of likely N-dealkylation sites (tertiary alicyclic amines) is 1. The lowest BCUT2D eigenvalue weighted by atomic mass is 9.89. The SMILES string of the molecule is Cc1cc(C)n(CCC(=O)N2CCC[C@@H](c3cccc(C(=O)O)c3)C2)n1. The molecule has 0 radical (unpaired) electrons. The molecule has 1 aromatic heterocycles. The minimum atomic E-state index is -0.916. The number of aryl methyl sites for hydroxylation is 3. The Balaban J connectivity index is 1.62. The van der Waals surface area contributed by atoms with E-state index in [1.165, 1.54) is 0 Å². The summed E-state index contributed by atoms with van der Waals surface area (Å²) in [7, 11) is 0. The number of carboxylic acids is 1. The Morgan fingerprint density at radius 2 is 2.08 bits per heavy atom. The van der Waals surface area contributed by atoms with Crippen LogP contribution in [0.25, 0.3) is 0 Å². The Kier molecular flexibility index (Phi) is 5.40. The van der Waals surface area contributed by atoms with E-state index in [1.807, 2.05) is 35.6 Å². The first-order valence-corrected chi connectivity index (χ1v) is 9.06. The van der Waals surface area contributed by atoms with Crippen molar-refractivity contribution in [1.29, 1.82) is 0 Å². The van der Waals surface area contributed by atoms with E-state index in [1.54, 1.807) is 18.2 Å². The monoisotopic (exact) mass is 355 g/mol. The maximum absolute atomic E-state index is 12.6. The van der Waals surface area contributed by atoms with Crippen LogP contribution in [-0.2, 0) is 11.3 Å². The van der Waals surface area contributed by atoms with Crippen molar-refractivity contribution in [2.45, 2.75) is 45.6 Å². The van der Waals surface area contributed by atoms with E-state index in [2.05, 4.69) is 5.10 Å². The third-order valence-corrected chi connectivity index (χ3v) is 5.02. The summed E-state index contributed by atoms with van der Waals surface area (Å²) in [4.78, 5) is 25.7. The topological polar surface area (TPSA) is 75.4 Å². The number of carboxylic acid groups (broad SMARTS) is 1. The molecule has 2 heterocycles. The molecule has 0 unspecified atom stereocenters. The number of aromatic carboxylic acids is 1. The van der Waals surface area contributed by atoms with Crippen LogP contribution < -0.4 is 0 Å². The quantitative estimate of drug-likeness (QED) is 0.895. The molecule has 1 atom stereocenters. The number of benzene rings is 1. The number of hydrogen-bond donors (Lipinski definition) is 1. The molecular formula is C20H25N3O3. The van der Waals surface area contributed by atoms with Gasteiger partial charge >= 0.3 is 5.97 Å². The van der Waals surface area contributed by atoms with Gasteiger partial charge in [-0.1, -0.05) is 12.1 Å². The highest BCUT2D eigenvalue weighted by Crippen LogP contribution is 2.28. The van der Waals surface area contributed by atoms with Gasteiger partial charge in [0.05, 0.1) is 11.3 Å². The summed E-state index contributed by atoms with van der Waals surface area (Å²) in [6.45, 7) is 5.96. The molecule has 6 nitrogen and oxygen atoms in total. The highest BCUT2D eigenvalue weighted by atomic mass is 16.4. The number of rotatable bonds is 5. The predicted molar refractivity (Wildman–Crippen MR) is 98.3 cm³/mol. The maximum atomic E-state index is 12.6. The zero-order valence-corrected chi connectivity index (χ0v) is 15.3. The van der Waals surface area contributed by atoms with E-state index in [0.29, 0.717) is 25.1 Å². The normalized spacial score (nSPS) is 17.3. The van der Waals surface area contributed by atoms with Crippen LogP contribution in [0, 0.1) is 13.8 Å². The molecule has 1 saturated heterocycles. The van der Waals surface area contributed by atoms with Crippen molar-refractivity contribution in [3.63, 3.8) is 0 Å². The molecule has 3 rings (SSSR count). The second-order valence-electron chi connectivity index (χ2n) is 7.01. The fourth-order valence-electron chi connectivity index (χ4n) is 3.66. The summed E-state index contributed by atoms with van der Waals surface area (Å²) in [5.74, 6) is -0.585. The van der Waals surface area contributed by atoms with Crippen LogP contribution in [0.5, 0.6) is 0 Å². The largest absolute Gasteiger partial charge is 0.478 e. The Morgan fingerprint density at radius 1 is 1.27 bits per heavy atom. The third kappa shape index (κ3) is 4.12. The van der Waals surface area contributed by atoms with Crippen molar-refractivity contribution in [2.75, 3.05) is 13.1 Å². The van der Waals surface area contributed by atoms with Crippen LogP contribution in [0.1, 0.15) is 52.5 Å². The van der Waals surface area contributed by atoms with Crippen molar-refractivity contribution >= 4 is 11.9 Å². The average Bonchev–Trinajstić information content (AvgIpc) is 2.97. The van der Waals surface area contributed by atoms with Gasteiger partial charge in [-0.25, -0.2) is 4.79 Å². The highest BCUT2D eigenvalue weighted by Gasteiger charge is 2.25. The first-order valence-electron chi connectivity index (χ1n) is 9.06. The second kappa shape index (κ2) is 7.72. The predicted octanol–water partition coefficient (Wildman–Crippen LogP) is 2.99. The molecule has 1 amide bonds. The van der Waals surface area contributed by atoms with Crippen LogP contribution in [0.2, 0.25) is 0 Å². The molecule has 2 aromatic rings. The molecular weight excluding hydrogens is 330 g/mol. The molecule has 1 N–H and O–H groups in total. The Labute approximate surface area is 153 Å². The number of aromatic nitrogens is 2. The first kappa shape index (κ1) is 18.2. The summed E-state index contributed by atoms with van der Waals surface area (Å²) in [6, 6.07) is 9.09. The lowest BCUT2D eigenvalue weighted by molar-refractivity contribution is -0.132. The van der Waals surface area contributed by atoms with E-state index in [-0.39, 0.29) is 11.8 Å². The molecule has 0 spiro atoms. The zero-order valence-electron chi connectivity index (χ0n) is 15.3. The van der Waals surface area contributed by atoms with Gasteiger partial charge in [-0.15, -0.1) is 0 Å². The van der Waals surface area contributed by atoms with E-state index >= 15 is 0 Å². The number of carbonyl (C=O) groups excluding carboxylic acids is 1. The number of nitrogens with zero attached hydrogens (tertiary/aromatic N) is 3. The third-order valence-electron chi connectivity index (χ3n) is 5.02. The van der Waals surface area contributed by atoms with Crippen LogP contribution >= 0.6 is 0 Å². The average molecular weight is 355 g/mol. The number of amides is 1. The molecule has 1 aromatic carbocycles. The van der Waals surface area contributed by atoms with Gasteiger partial charge in [0.15, 0.2) is 0 Å². The highest BCUT2D eigenvalue weighted by molar-refractivity contribution is 5.87. The number of carbonyl (C=O) groups is 2. The summed E-state index contributed by atoms with van der Waals surface area (Å²) in [5, 5.41) is 13.6. The van der Waals surface area contributed by atoms with Crippen molar-refractivity contribution in [1.82, 2.24) is 14.7 Å². The van der Waals surface area contributed by atoms with Gasteiger partial charge < -0.3 is 10.0 Å². The summed E-state index contributed by atoms with van der Waals surface area (Å²) >= 11 is 0. The van der Waals surface area contributed by atoms with Crippen molar-refractivity contribution in [3.05, 3.63) is 52.8 Å². The van der Waals surface area contributed by atoms with Gasteiger partial charge in [-0.2, -0.15) is 5.10 Å². The Bertz CT molecular complexity index is 812. The van der Waals surface area contributed by atoms with Gasteiger partial charge in [0, 0.05) is 37.7 Å². The van der Waals surface area contributed by atoms with Crippen molar-refractivity contribution < 1.29 is 14.7 Å². The van der Waals surface area contributed by atoms with Crippen LogP contribution in [-0.4, -0.2) is 44.8 Å². The fourth-order valence-corrected chi connectivity index (χ4v) is 3.66. The molecule has 138 valence electrons. The van der Waals surface area contributed by atoms with Gasteiger partial charge in [0.25, 0.3) is 0 Å². The first-order chi connectivity index (χ1) is 12.4. The molecule has 0 saturated carbocycles. The van der Waals surface area contributed by atoms with Crippen LogP contribution in [0.3, 0.4) is 0 Å². The summed E-state index contributed by atoms with van der Waals surface area (Å²) < 4.78 is 1.88. The summed E-state index contributed by atoms with van der Waals surface area (Å²) in [5.41, 5.74) is 3.33. The number of piperidine rings is 1. The molecule has 0 aliphatic carbocycles. The second-order valence-corrected chi connectivity index (χ2v) is 7.01. The van der Waals surface area contributed by atoms with Crippen LogP contribution in [0.4, 0.5) is 0 Å². The smallest absolute Gasteiger partial charge is 0.335 e. The van der Waals surface area contributed by atoms with E-state index < -0.39 is 5.97 Å². The molecule has 1 aliphatic heterocycles. The molecule has 1 aliphatic rings. The standard InChI is InChI=1S/C20H25N3O3/c1-14-11-15(2)23(21-14)10-8-19(24)22-9-4-7-18(13-22)16-5-3-6-17(12-16)20(25)26/h3,5-6,11-12,18H,4,7-10,13H2,1-2H3,(H,25,26)/t18-/m1/s1. The lowest BCUT2D eigenvalue weighted by Crippen LogP contribution is -2.39. The Morgan fingerprint density at radius 3 is 2.77 bits per heavy atom. The van der Waals surface area contributed by atoms with E-state index in [4.69, 9.17) is 0 Å². The van der Waals surface area contributed by atoms with Crippen LogP contribution in [0.15, 0.2) is 30.3 Å². The van der Waals surface area contributed by atoms with Gasteiger partial charge in [-0.05, 0) is 50.5 Å².